The molecule has 0 bridgehead atoms. The fourth-order valence-corrected chi connectivity index (χ4v) is 2.98. The largest absolute Gasteiger partial charge is 0.395 e. The summed E-state index contributed by atoms with van der Waals surface area (Å²) < 4.78 is 0. The lowest BCUT2D eigenvalue weighted by Gasteiger charge is -2.32. The van der Waals surface area contributed by atoms with Crippen LogP contribution in [0.15, 0.2) is 18.3 Å². The first-order valence-electron chi connectivity index (χ1n) is 8.64. The Morgan fingerprint density at radius 1 is 1.42 bits per heavy atom. The van der Waals surface area contributed by atoms with Crippen molar-refractivity contribution in [1.82, 2.24) is 9.88 Å². The van der Waals surface area contributed by atoms with Gasteiger partial charge in [-0.05, 0) is 30.9 Å². The normalized spacial score (nSPS) is 17.8. The number of amides is 1. The molecule has 1 aliphatic heterocycles. The molecule has 0 spiro atoms. The van der Waals surface area contributed by atoms with Crippen LogP contribution in [0.5, 0.6) is 0 Å². The van der Waals surface area contributed by atoms with Gasteiger partial charge in [0, 0.05) is 38.2 Å². The number of rotatable bonds is 7. The van der Waals surface area contributed by atoms with E-state index in [1.165, 1.54) is 0 Å². The number of ketones is 1. The average molecular weight is 333 g/mol. The van der Waals surface area contributed by atoms with Gasteiger partial charge >= 0.3 is 0 Å². The fourth-order valence-electron chi connectivity index (χ4n) is 2.98. The van der Waals surface area contributed by atoms with Crippen molar-refractivity contribution < 1.29 is 14.7 Å². The van der Waals surface area contributed by atoms with Gasteiger partial charge in [-0.2, -0.15) is 0 Å². The number of aromatic nitrogens is 1. The number of carbonyl (C=O) groups is 2. The molecule has 2 heterocycles. The number of pyridine rings is 1. The molecule has 6 nitrogen and oxygen atoms in total. The highest BCUT2D eigenvalue weighted by Gasteiger charge is 2.29. The first kappa shape index (κ1) is 18.4. The van der Waals surface area contributed by atoms with Gasteiger partial charge in [0.1, 0.15) is 11.6 Å². The Hall–Kier alpha value is -1.95. The number of hydrogen-bond donors (Lipinski definition) is 2. The van der Waals surface area contributed by atoms with Crippen molar-refractivity contribution in [1.29, 1.82) is 0 Å². The van der Waals surface area contributed by atoms with Gasteiger partial charge in [-0.1, -0.05) is 13.8 Å². The SMILES string of the molecule is CC(C)CC(=O)[C@@H]1CCCN(C(=O)c2ccc(NCCO)nc2)C1. The van der Waals surface area contributed by atoms with E-state index in [1.54, 1.807) is 23.2 Å². The first-order valence-corrected chi connectivity index (χ1v) is 8.64. The van der Waals surface area contributed by atoms with Crippen molar-refractivity contribution in [2.75, 3.05) is 31.6 Å². The van der Waals surface area contributed by atoms with Crippen molar-refractivity contribution in [3.05, 3.63) is 23.9 Å². The maximum atomic E-state index is 12.6. The van der Waals surface area contributed by atoms with Crippen molar-refractivity contribution in [2.24, 2.45) is 11.8 Å². The minimum absolute atomic E-state index is 0.0297. The molecule has 1 aliphatic rings. The molecule has 0 aromatic carbocycles. The summed E-state index contributed by atoms with van der Waals surface area (Å²) >= 11 is 0. The standard InChI is InChI=1S/C18H27N3O3/c1-13(2)10-16(23)15-4-3-8-21(12-15)18(24)14-5-6-17(20-11-14)19-7-9-22/h5-6,11,13,15,22H,3-4,7-10,12H2,1-2H3,(H,19,20)/t15-/m1/s1. The molecule has 1 fully saturated rings. The van der Waals surface area contributed by atoms with Gasteiger partial charge < -0.3 is 15.3 Å². The van der Waals surface area contributed by atoms with Crippen LogP contribution in [-0.2, 0) is 4.79 Å². The summed E-state index contributed by atoms with van der Waals surface area (Å²) in [5.41, 5.74) is 0.529. The van der Waals surface area contributed by atoms with Crippen LogP contribution in [0.2, 0.25) is 0 Å². The van der Waals surface area contributed by atoms with Gasteiger partial charge in [-0.25, -0.2) is 4.98 Å². The van der Waals surface area contributed by atoms with Crippen LogP contribution in [0.3, 0.4) is 0 Å². The lowest BCUT2D eigenvalue weighted by Crippen LogP contribution is -2.42. The third-order valence-corrected chi connectivity index (χ3v) is 4.20. The number of hydrogen-bond acceptors (Lipinski definition) is 5. The number of Topliss-reactive ketones (excluding diaryl/α,β-unsaturated/α-hetero) is 1. The minimum Gasteiger partial charge on any atom is -0.395 e. The smallest absolute Gasteiger partial charge is 0.255 e. The molecular formula is C18H27N3O3. The van der Waals surface area contributed by atoms with E-state index in [4.69, 9.17) is 5.11 Å². The third-order valence-electron chi connectivity index (χ3n) is 4.20. The van der Waals surface area contributed by atoms with Gasteiger partial charge in [0.15, 0.2) is 0 Å². The highest BCUT2D eigenvalue weighted by atomic mass is 16.3. The number of anilines is 1. The molecule has 1 aromatic heterocycles. The molecule has 0 saturated carbocycles. The van der Waals surface area contributed by atoms with Crippen LogP contribution < -0.4 is 5.32 Å². The van der Waals surface area contributed by atoms with E-state index < -0.39 is 0 Å². The molecule has 0 unspecified atom stereocenters. The van der Waals surface area contributed by atoms with Crippen LogP contribution in [0.4, 0.5) is 5.82 Å². The van der Waals surface area contributed by atoms with Crippen molar-refractivity contribution in [3.8, 4) is 0 Å². The van der Waals surface area contributed by atoms with Gasteiger partial charge in [-0.15, -0.1) is 0 Å². The van der Waals surface area contributed by atoms with Crippen LogP contribution in [0.1, 0.15) is 43.5 Å². The van der Waals surface area contributed by atoms with Crippen molar-refractivity contribution in [2.45, 2.75) is 33.1 Å². The molecule has 1 atom stereocenters. The second-order valence-corrected chi connectivity index (χ2v) is 6.74. The van der Waals surface area contributed by atoms with E-state index in [9.17, 15) is 9.59 Å². The molecule has 0 radical (unpaired) electrons. The van der Waals surface area contributed by atoms with Gasteiger partial charge in [-0.3, -0.25) is 9.59 Å². The topological polar surface area (TPSA) is 82.5 Å². The molecular weight excluding hydrogens is 306 g/mol. The van der Waals surface area contributed by atoms with Crippen molar-refractivity contribution >= 4 is 17.5 Å². The Kier molecular flexibility index (Phi) is 6.73. The molecule has 0 aliphatic carbocycles. The zero-order valence-electron chi connectivity index (χ0n) is 14.5. The Morgan fingerprint density at radius 3 is 2.83 bits per heavy atom. The third kappa shape index (κ3) is 5.03. The number of piperidine rings is 1. The Morgan fingerprint density at radius 2 is 2.21 bits per heavy atom. The predicted octanol–water partition coefficient (Wildman–Crippen LogP) is 1.95. The van der Waals surface area contributed by atoms with E-state index in [1.807, 2.05) is 13.8 Å². The number of likely N-dealkylation sites (tertiary alicyclic amines) is 1. The summed E-state index contributed by atoms with van der Waals surface area (Å²) in [4.78, 5) is 30.9. The molecule has 132 valence electrons. The molecule has 2 N–H and O–H groups in total. The zero-order chi connectivity index (χ0) is 17.5. The number of nitrogens with one attached hydrogen (secondary N) is 1. The van der Waals surface area contributed by atoms with Crippen LogP contribution in [-0.4, -0.2) is 52.9 Å². The summed E-state index contributed by atoms with van der Waals surface area (Å²) in [6.45, 7) is 5.74. The lowest BCUT2D eigenvalue weighted by molar-refractivity contribution is -0.124. The summed E-state index contributed by atoms with van der Waals surface area (Å²) in [5, 5.41) is 11.7. The highest BCUT2D eigenvalue weighted by molar-refractivity contribution is 5.94. The van der Waals surface area contributed by atoms with Crippen LogP contribution >= 0.6 is 0 Å². The number of aliphatic hydroxyl groups is 1. The molecule has 24 heavy (non-hydrogen) atoms. The van der Waals surface area contributed by atoms with E-state index in [-0.39, 0.29) is 24.2 Å². The number of carbonyl (C=O) groups excluding carboxylic acids is 2. The van der Waals surface area contributed by atoms with E-state index >= 15 is 0 Å². The lowest BCUT2D eigenvalue weighted by atomic mass is 9.89. The second-order valence-electron chi connectivity index (χ2n) is 6.74. The molecule has 1 saturated heterocycles. The quantitative estimate of drug-likeness (QED) is 0.797. The summed E-state index contributed by atoms with van der Waals surface area (Å²) in [7, 11) is 0. The Labute approximate surface area is 143 Å². The first-order chi connectivity index (χ1) is 11.5. The number of aliphatic hydroxyl groups excluding tert-OH is 1. The van der Waals surface area contributed by atoms with E-state index in [0.717, 1.165) is 12.8 Å². The van der Waals surface area contributed by atoms with E-state index in [2.05, 4.69) is 10.3 Å². The monoisotopic (exact) mass is 333 g/mol. The molecule has 2 rings (SSSR count). The molecule has 1 amide bonds. The van der Waals surface area contributed by atoms with Gasteiger partial charge in [0.25, 0.3) is 5.91 Å². The predicted molar refractivity (Wildman–Crippen MR) is 92.9 cm³/mol. The summed E-state index contributed by atoms with van der Waals surface area (Å²) in [5.74, 6) is 1.14. The maximum Gasteiger partial charge on any atom is 0.255 e. The van der Waals surface area contributed by atoms with Crippen LogP contribution in [0.25, 0.3) is 0 Å². The molecule has 6 heteroatoms. The highest BCUT2D eigenvalue weighted by Crippen LogP contribution is 2.22. The van der Waals surface area contributed by atoms with E-state index in [0.29, 0.717) is 43.4 Å². The van der Waals surface area contributed by atoms with Crippen LogP contribution in [0, 0.1) is 11.8 Å². The van der Waals surface area contributed by atoms with Gasteiger partial charge in [0.2, 0.25) is 0 Å². The fraction of sp³-hybridized carbons (Fsp3) is 0.611. The zero-order valence-corrected chi connectivity index (χ0v) is 14.5. The summed E-state index contributed by atoms with van der Waals surface area (Å²) in [6, 6.07) is 3.46. The minimum atomic E-state index is -0.0711. The summed E-state index contributed by atoms with van der Waals surface area (Å²) in [6.07, 6.45) is 3.86. The number of nitrogens with zero attached hydrogens (tertiary/aromatic N) is 2. The molecule has 1 aromatic rings. The Bertz CT molecular complexity index is 557. The van der Waals surface area contributed by atoms with Gasteiger partial charge in [0.05, 0.1) is 12.2 Å². The Balaban J connectivity index is 1.97. The average Bonchev–Trinajstić information content (AvgIpc) is 2.59. The van der Waals surface area contributed by atoms with Crippen molar-refractivity contribution in [3.63, 3.8) is 0 Å². The second kappa shape index (κ2) is 8.78. The maximum absolute atomic E-state index is 12.6.